The standard InChI is InChI=1S/C18H20N2OS2/c1-18(2,3)23(21)20-16(13-9-5-4-6-10-13)17-19-14-11-7-8-12-15(14)22-17/h4-12,16,20H,1-3H3/t16-,23?/m0/s1. The Bertz CT molecular complexity index is 789. The maximum atomic E-state index is 12.6. The van der Waals surface area contributed by atoms with Gasteiger partial charge in [-0.3, -0.25) is 0 Å². The average Bonchev–Trinajstić information content (AvgIpc) is 2.95. The summed E-state index contributed by atoms with van der Waals surface area (Å²) in [5.74, 6) is 0. The van der Waals surface area contributed by atoms with Gasteiger partial charge in [-0.15, -0.1) is 11.3 Å². The number of hydrogen-bond acceptors (Lipinski definition) is 3. The van der Waals surface area contributed by atoms with E-state index in [0.717, 1.165) is 20.8 Å². The molecule has 3 rings (SSSR count). The Morgan fingerprint density at radius 2 is 1.70 bits per heavy atom. The van der Waals surface area contributed by atoms with Crippen molar-refractivity contribution in [2.75, 3.05) is 0 Å². The molecule has 3 nitrogen and oxygen atoms in total. The van der Waals surface area contributed by atoms with Gasteiger partial charge >= 0.3 is 0 Å². The van der Waals surface area contributed by atoms with Crippen LogP contribution in [0.3, 0.4) is 0 Å². The first kappa shape index (κ1) is 16.3. The lowest BCUT2D eigenvalue weighted by atomic mass is 10.1. The first-order chi connectivity index (χ1) is 10.9. The van der Waals surface area contributed by atoms with Crippen LogP contribution in [0.2, 0.25) is 0 Å². The number of para-hydroxylation sites is 1. The number of nitrogens with one attached hydrogen (secondary N) is 1. The molecule has 3 aromatic rings. The van der Waals surface area contributed by atoms with Gasteiger partial charge in [0, 0.05) is 0 Å². The highest BCUT2D eigenvalue weighted by molar-refractivity contribution is 7.84. The normalized spacial score (nSPS) is 14.7. The van der Waals surface area contributed by atoms with Gasteiger partial charge in [0.25, 0.3) is 0 Å². The van der Waals surface area contributed by atoms with Crippen LogP contribution < -0.4 is 4.72 Å². The van der Waals surface area contributed by atoms with Crippen LogP contribution in [0, 0.1) is 0 Å². The Kier molecular flexibility index (Phi) is 4.62. The number of hydrogen-bond donors (Lipinski definition) is 1. The summed E-state index contributed by atoms with van der Waals surface area (Å²) in [5.41, 5.74) is 2.06. The van der Waals surface area contributed by atoms with E-state index in [4.69, 9.17) is 4.98 Å². The number of aromatic nitrogens is 1. The summed E-state index contributed by atoms with van der Waals surface area (Å²) in [6.45, 7) is 5.91. The zero-order valence-electron chi connectivity index (χ0n) is 13.4. The third-order valence-corrected chi connectivity index (χ3v) is 6.13. The van der Waals surface area contributed by atoms with Crippen LogP contribution in [-0.4, -0.2) is 13.9 Å². The third-order valence-electron chi connectivity index (χ3n) is 3.47. The smallest absolute Gasteiger partial charge is 0.116 e. The second-order valence-corrected chi connectivity index (χ2v) is 9.42. The lowest BCUT2D eigenvalue weighted by molar-refractivity contribution is 0.623. The van der Waals surface area contributed by atoms with E-state index in [1.165, 1.54) is 0 Å². The maximum Gasteiger partial charge on any atom is 0.116 e. The summed E-state index contributed by atoms with van der Waals surface area (Å²) in [7, 11) is -1.17. The van der Waals surface area contributed by atoms with Crippen molar-refractivity contribution in [2.24, 2.45) is 0 Å². The van der Waals surface area contributed by atoms with Crippen LogP contribution in [0.5, 0.6) is 0 Å². The first-order valence-corrected chi connectivity index (χ1v) is 9.50. The van der Waals surface area contributed by atoms with Gasteiger partial charge in [-0.25, -0.2) is 13.9 Å². The Morgan fingerprint density at radius 3 is 2.35 bits per heavy atom. The number of fused-ring (bicyclic) bond motifs is 1. The lowest BCUT2D eigenvalue weighted by Gasteiger charge is -2.23. The third kappa shape index (κ3) is 3.68. The molecule has 0 aliphatic heterocycles. The molecule has 23 heavy (non-hydrogen) atoms. The van der Waals surface area contributed by atoms with E-state index < -0.39 is 11.0 Å². The van der Waals surface area contributed by atoms with Crippen molar-refractivity contribution in [2.45, 2.75) is 31.6 Å². The number of benzene rings is 2. The highest BCUT2D eigenvalue weighted by atomic mass is 32.2. The Hall–Kier alpha value is -1.56. The molecule has 0 bridgehead atoms. The topological polar surface area (TPSA) is 42.0 Å². The fourth-order valence-corrected chi connectivity index (χ4v) is 4.14. The molecule has 5 heteroatoms. The van der Waals surface area contributed by atoms with Crippen molar-refractivity contribution in [3.63, 3.8) is 0 Å². The van der Waals surface area contributed by atoms with E-state index >= 15 is 0 Å². The molecule has 1 aromatic heterocycles. The summed E-state index contributed by atoms with van der Waals surface area (Å²) in [6.07, 6.45) is 0. The minimum atomic E-state index is -1.17. The fraction of sp³-hybridized carbons (Fsp3) is 0.278. The van der Waals surface area contributed by atoms with Crippen molar-refractivity contribution >= 4 is 32.5 Å². The van der Waals surface area contributed by atoms with E-state index in [1.807, 2.05) is 69.3 Å². The summed E-state index contributed by atoms with van der Waals surface area (Å²) in [4.78, 5) is 4.75. The van der Waals surface area contributed by atoms with Crippen molar-refractivity contribution in [1.29, 1.82) is 0 Å². The monoisotopic (exact) mass is 344 g/mol. The van der Waals surface area contributed by atoms with Crippen molar-refractivity contribution in [1.82, 2.24) is 9.71 Å². The van der Waals surface area contributed by atoms with Gasteiger partial charge in [-0.2, -0.15) is 0 Å². The van der Waals surface area contributed by atoms with E-state index in [1.54, 1.807) is 11.3 Å². The Labute approximate surface area is 143 Å². The predicted molar refractivity (Wildman–Crippen MR) is 98.9 cm³/mol. The molecule has 0 saturated heterocycles. The van der Waals surface area contributed by atoms with Crippen LogP contribution in [0.15, 0.2) is 54.6 Å². The van der Waals surface area contributed by atoms with Crippen LogP contribution >= 0.6 is 11.3 Å². The molecule has 2 aromatic carbocycles. The molecular weight excluding hydrogens is 324 g/mol. The molecule has 0 aliphatic carbocycles. The molecule has 0 amide bonds. The minimum absolute atomic E-state index is 0.173. The summed E-state index contributed by atoms with van der Waals surface area (Å²) in [5, 5.41) is 0.940. The zero-order valence-corrected chi connectivity index (χ0v) is 15.1. The van der Waals surface area contributed by atoms with Gasteiger partial charge in [-0.1, -0.05) is 42.5 Å². The lowest BCUT2D eigenvalue weighted by Crippen LogP contribution is -2.36. The van der Waals surface area contributed by atoms with Crippen LogP contribution in [0.1, 0.15) is 37.4 Å². The quantitative estimate of drug-likeness (QED) is 0.760. The predicted octanol–water partition coefficient (Wildman–Crippen LogP) is 4.44. The van der Waals surface area contributed by atoms with Gasteiger partial charge in [0.05, 0.1) is 32.0 Å². The van der Waals surface area contributed by atoms with Crippen molar-refractivity contribution in [3.8, 4) is 0 Å². The van der Waals surface area contributed by atoms with Gasteiger partial charge in [0.15, 0.2) is 0 Å². The van der Waals surface area contributed by atoms with E-state index in [2.05, 4.69) is 10.8 Å². The molecule has 1 N–H and O–H groups in total. The molecule has 0 saturated carbocycles. The van der Waals surface area contributed by atoms with Crippen LogP contribution in [-0.2, 0) is 11.0 Å². The SMILES string of the molecule is CC(C)(C)S(=O)N[C@@H](c1ccccc1)c1nc2ccccc2s1. The highest BCUT2D eigenvalue weighted by Gasteiger charge is 2.26. The van der Waals surface area contributed by atoms with Crippen molar-refractivity contribution in [3.05, 3.63) is 65.2 Å². The van der Waals surface area contributed by atoms with Crippen LogP contribution in [0.25, 0.3) is 10.2 Å². The molecule has 0 radical (unpaired) electrons. The first-order valence-electron chi connectivity index (χ1n) is 7.53. The Morgan fingerprint density at radius 1 is 1.04 bits per heavy atom. The second-order valence-electron chi connectivity index (χ2n) is 6.36. The summed E-state index contributed by atoms with van der Waals surface area (Å²) >= 11 is 1.64. The molecule has 1 heterocycles. The van der Waals surface area contributed by atoms with Crippen molar-refractivity contribution < 1.29 is 4.21 Å². The van der Waals surface area contributed by atoms with Gasteiger partial charge < -0.3 is 0 Å². The summed E-state index contributed by atoms with van der Waals surface area (Å²) < 4.78 is 16.7. The summed E-state index contributed by atoms with van der Waals surface area (Å²) in [6, 6.07) is 18.0. The van der Waals surface area contributed by atoms with Gasteiger partial charge in [-0.05, 0) is 38.5 Å². The molecular formula is C18H20N2OS2. The average molecular weight is 345 g/mol. The molecule has 2 atom stereocenters. The second kappa shape index (κ2) is 6.51. The molecule has 1 unspecified atom stereocenters. The number of rotatable bonds is 4. The van der Waals surface area contributed by atoms with Crippen LogP contribution in [0.4, 0.5) is 0 Å². The number of thiazole rings is 1. The minimum Gasteiger partial charge on any atom is -0.242 e. The molecule has 0 spiro atoms. The largest absolute Gasteiger partial charge is 0.242 e. The number of nitrogens with zero attached hydrogens (tertiary/aromatic N) is 1. The fourth-order valence-electron chi connectivity index (χ4n) is 2.20. The van der Waals surface area contributed by atoms with E-state index in [9.17, 15) is 4.21 Å². The van der Waals surface area contributed by atoms with Gasteiger partial charge in [0.2, 0.25) is 0 Å². The maximum absolute atomic E-state index is 12.6. The van der Waals surface area contributed by atoms with E-state index in [0.29, 0.717) is 0 Å². The Balaban J connectivity index is 2.02. The molecule has 0 aliphatic rings. The molecule has 0 fully saturated rings. The zero-order chi connectivity index (χ0) is 16.4. The van der Waals surface area contributed by atoms with Gasteiger partial charge in [0.1, 0.15) is 5.01 Å². The van der Waals surface area contributed by atoms with E-state index in [-0.39, 0.29) is 10.8 Å². The molecule has 120 valence electrons. The highest BCUT2D eigenvalue weighted by Crippen LogP contribution is 2.31.